The number of aromatic nitrogens is 3. The molecule has 1 unspecified atom stereocenters. The maximum Gasteiger partial charge on any atom is 0.263 e. The third-order valence-corrected chi connectivity index (χ3v) is 7.29. The molecule has 0 radical (unpaired) electrons. The molecule has 5 aromatic rings. The Balaban J connectivity index is 1.19. The van der Waals surface area contributed by atoms with Crippen molar-refractivity contribution in [2.24, 2.45) is 0 Å². The lowest BCUT2D eigenvalue weighted by Crippen LogP contribution is -2.36. The van der Waals surface area contributed by atoms with Gasteiger partial charge in [-0.25, -0.2) is 9.97 Å². The summed E-state index contributed by atoms with van der Waals surface area (Å²) in [5.41, 5.74) is 8.59. The van der Waals surface area contributed by atoms with Gasteiger partial charge in [-0.05, 0) is 24.1 Å². The summed E-state index contributed by atoms with van der Waals surface area (Å²) in [5.74, 6) is -0.0283. The summed E-state index contributed by atoms with van der Waals surface area (Å²) in [5, 5.41) is 3.14. The van der Waals surface area contributed by atoms with E-state index < -0.39 is 0 Å². The Hall–Kier alpha value is -3.94. The van der Waals surface area contributed by atoms with E-state index in [1.165, 1.54) is 16.9 Å². The first-order chi connectivity index (χ1) is 17.7. The second-order valence-electron chi connectivity index (χ2n) is 9.03. The molecule has 1 N–H and O–H groups in total. The van der Waals surface area contributed by atoms with E-state index >= 15 is 0 Å². The van der Waals surface area contributed by atoms with Crippen molar-refractivity contribution in [1.29, 1.82) is 0 Å². The molecular formula is C29H25N5OS. The number of rotatable bonds is 6. The van der Waals surface area contributed by atoms with Crippen LogP contribution < -0.4 is 5.32 Å². The molecule has 6 rings (SSSR count). The van der Waals surface area contributed by atoms with Crippen LogP contribution in [0.4, 0.5) is 0 Å². The Labute approximate surface area is 213 Å². The van der Waals surface area contributed by atoms with Crippen LogP contribution in [0.25, 0.3) is 33.5 Å². The summed E-state index contributed by atoms with van der Waals surface area (Å²) in [7, 11) is 0. The van der Waals surface area contributed by atoms with Crippen molar-refractivity contribution in [2.75, 3.05) is 13.1 Å². The highest BCUT2D eigenvalue weighted by molar-refractivity contribution is 7.11. The molecule has 1 amide bonds. The molecule has 1 atom stereocenters. The van der Waals surface area contributed by atoms with Gasteiger partial charge in [0, 0.05) is 36.8 Å². The average molecular weight is 492 g/mol. The molecule has 0 saturated carbocycles. The van der Waals surface area contributed by atoms with Crippen LogP contribution in [0, 0.1) is 0 Å². The third-order valence-electron chi connectivity index (χ3n) is 6.52. The molecule has 7 heteroatoms. The zero-order valence-electron chi connectivity index (χ0n) is 19.7. The zero-order valence-corrected chi connectivity index (χ0v) is 20.5. The topological polar surface area (TPSA) is 71.0 Å². The lowest BCUT2D eigenvalue weighted by molar-refractivity contribution is 0.0941. The minimum Gasteiger partial charge on any atom is -0.347 e. The van der Waals surface area contributed by atoms with Crippen molar-refractivity contribution in [1.82, 2.24) is 25.2 Å². The Morgan fingerprint density at radius 1 is 0.889 bits per heavy atom. The van der Waals surface area contributed by atoms with Crippen molar-refractivity contribution >= 4 is 28.3 Å². The molecular weight excluding hydrogens is 466 g/mol. The van der Waals surface area contributed by atoms with E-state index in [1.807, 2.05) is 42.5 Å². The van der Waals surface area contributed by atoms with Crippen molar-refractivity contribution < 1.29 is 4.79 Å². The van der Waals surface area contributed by atoms with Gasteiger partial charge < -0.3 is 5.32 Å². The number of fused-ring (bicyclic) bond motifs is 1. The van der Waals surface area contributed by atoms with Gasteiger partial charge >= 0.3 is 0 Å². The van der Waals surface area contributed by atoms with Crippen molar-refractivity contribution in [3.63, 3.8) is 0 Å². The van der Waals surface area contributed by atoms with E-state index in [0.29, 0.717) is 4.88 Å². The number of hydrogen-bond acceptors (Lipinski definition) is 6. The average Bonchev–Trinajstić information content (AvgIpc) is 3.62. The van der Waals surface area contributed by atoms with E-state index in [9.17, 15) is 4.79 Å². The number of nitrogens with zero attached hydrogens (tertiary/aromatic N) is 4. The molecule has 0 bridgehead atoms. The van der Waals surface area contributed by atoms with Crippen molar-refractivity contribution in [3.05, 3.63) is 101 Å². The first-order valence-electron chi connectivity index (χ1n) is 12.1. The molecule has 3 aromatic carbocycles. The molecule has 3 heterocycles. The minimum absolute atomic E-state index is 0.0283. The first-order valence-corrected chi connectivity index (χ1v) is 12.9. The molecule has 1 fully saturated rings. The lowest BCUT2D eigenvalue weighted by atomic mass is 10.0. The summed E-state index contributed by atoms with van der Waals surface area (Å²) in [6.07, 6.45) is 2.58. The highest BCUT2D eigenvalue weighted by atomic mass is 32.1. The zero-order chi connectivity index (χ0) is 24.3. The van der Waals surface area contributed by atoms with Crippen LogP contribution in [0.2, 0.25) is 0 Å². The summed E-state index contributed by atoms with van der Waals surface area (Å²) in [6, 6.07) is 27.0. The Bertz CT molecular complexity index is 1490. The number of carbonyl (C=O) groups excluding carboxylic acids is 1. The molecule has 178 valence electrons. The van der Waals surface area contributed by atoms with Gasteiger partial charge in [0.05, 0.1) is 34.1 Å². The molecule has 6 nitrogen and oxygen atoms in total. The van der Waals surface area contributed by atoms with Crippen LogP contribution in [-0.2, 0) is 6.54 Å². The monoisotopic (exact) mass is 491 g/mol. The quantitative estimate of drug-likeness (QED) is 0.343. The smallest absolute Gasteiger partial charge is 0.263 e. The fourth-order valence-corrected chi connectivity index (χ4v) is 5.23. The Kier molecular flexibility index (Phi) is 6.24. The lowest BCUT2D eigenvalue weighted by Gasteiger charge is -2.17. The molecule has 36 heavy (non-hydrogen) atoms. The molecule has 1 aliphatic rings. The highest BCUT2D eigenvalue weighted by Crippen LogP contribution is 2.31. The maximum atomic E-state index is 12.3. The highest BCUT2D eigenvalue weighted by Gasteiger charge is 2.24. The number of amides is 1. The third kappa shape index (κ3) is 4.76. The van der Waals surface area contributed by atoms with Crippen LogP contribution in [0.5, 0.6) is 0 Å². The van der Waals surface area contributed by atoms with Gasteiger partial charge in [-0.15, -0.1) is 11.3 Å². The van der Waals surface area contributed by atoms with E-state index in [0.717, 1.165) is 59.6 Å². The standard InChI is InChI=1S/C29H25N5OS/c35-29(26-16-30-19-36-26)31-23-14-15-34(18-23)17-20-10-12-22(13-11-20)28-27(21-6-2-1-3-7-21)32-24-8-4-5-9-25(24)33-28/h1-13,16,19,23H,14-15,17-18H2,(H,31,35). The number of nitrogens with one attached hydrogen (secondary N) is 1. The Morgan fingerprint density at radius 3 is 2.22 bits per heavy atom. The van der Waals surface area contributed by atoms with Gasteiger partial charge in [0.15, 0.2) is 0 Å². The molecule has 0 aliphatic carbocycles. The summed E-state index contributed by atoms with van der Waals surface area (Å²) in [4.78, 5) is 29.3. The second kappa shape index (κ2) is 9.97. The van der Waals surface area contributed by atoms with Crippen LogP contribution in [0.15, 0.2) is 90.6 Å². The number of thiazole rings is 1. The summed E-state index contributed by atoms with van der Waals surface area (Å²) >= 11 is 1.37. The number of para-hydroxylation sites is 2. The van der Waals surface area contributed by atoms with Crippen LogP contribution in [0.1, 0.15) is 21.7 Å². The SMILES string of the molecule is O=C(NC1CCN(Cc2ccc(-c3nc4ccccc4nc3-c3ccccc3)cc2)C1)c1cncs1. The fourth-order valence-electron chi connectivity index (χ4n) is 4.70. The second-order valence-corrected chi connectivity index (χ2v) is 9.92. The molecule has 2 aromatic heterocycles. The van der Waals surface area contributed by atoms with Gasteiger partial charge in [0.25, 0.3) is 5.91 Å². The van der Waals surface area contributed by atoms with Gasteiger partial charge in [-0.3, -0.25) is 14.7 Å². The minimum atomic E-state index is -0.0283. The summed E-state index contributed by atoms with van der Waals surface area (Å²) < 4.78 is 0. The van der Waals surface area contributed by atoms with E-state index in [-0.39, 0.29) is 11.9 Å². The van der Waals surface area contributed by atoms with Gasteiger partial charge in [-0.2, -0.15) is 0 Å². The predicted octanol–water partition coefficient (Wildman–Crippen LogP) is 5.42. The number of likely N-dealkylation sites (tertiary alicyclic amines) is 1. The van der Waals surface area contributed by atoms with Crippen LogP contribution in [-0.4, -0.2) is 44.9 Å². The number of benzene rings is 3. The molecule has 1 aliphatic heterocycles. The maximum absolute atomic E-state index is 12.3. The number of carbonyl (C=O) groups is 1. The van der Waals surface area contributed by atoms with Crippen molar-refractivity contribution in [2.45, 2.75) is 19.0 Å². The van der Waals surface area contributed by atoms with Crippen molar-refractivity contribution in [3.8, 4) is 22.5 Å². The van der Waals surface area contributed by atoms with Gasteiger partial charge in [-0.1, -0.05) is 66.7 Å². The van der Waals surface area contributed by atoms with E-state index in [2.05, 4.69) is 51.6 Å². The normalized spacial score (nSPS) is 15.8. The largest absolute Gasteiger partial charge is 0.347 e. The first kappa shape index (κ1) is 22.5. The summed E-state index contributed by atoms with van der Waals surface area (Å²) in [6.45, 7) is 2.66. The number of hydrogen-bond donors (Lipinski definition) is 1. The fraction of sp³-hybridized carbons (Fsp3) is 0.172. The molecule has 0 spiro atoms. The predicted molar refractivity (Wildman–Crippen MR) is 144 cm³/mol. The van der Waals surface area contributed by atoms with Crippen LogP contribution >= 0.6 is 11.3 Å². The van der Waals surface area contributed by atoms with Gasteiger partial charge in [0.2, 0.25) is 0 Å². The van der Waals surface area contributed by atoms with E-state index in [4.69, 9.17) is 9.97 Å². The van der Waals surface area contributed by atoms with Gasteiger partial charge in [0.1, 0.15) is 4.88 Å². The molecule has 1 saturated heterocycles. The van der Waals surface area contributed by atoms with E-state index in [1.54, 1.807) is 11.7 Å². The Morgan fingerprint density at radius 2 is 1.56 bits per heavy atom. The van der Waals surface area contributed by atoms with Crippen LogP contribution in [0.3, 0.4) is 0 Å².